The molecule has 0 N–H and O–H groups in total. The van der Waals surface area contributed by atoms with Gasteiger partial charge in [0.25, 0.3) is 0 Å². The van der Waals surface area contributed by atoms with Crippen molar-refractivity contribution < 1.29 is 4.79 Å². The van der Waals surface area contributed by atoms with Crippen LogP contribution in [0.2, 0.25) is 0 Å². The first-order chi connectivity index (χ1) is 8.91. The summed E-state index contributed by atoms with van der Waals surface area (Å²) in [7, 11) is 0. The molecule has 1 aliphatic rings. The van der Waals surface area contributed by atoms with Crippen molar-refractivity contribution in [1.82, 2.24) is 4.57 Å². The second-order valence-electron chi connectivity index (χ2n) is 6.69. The maximum atomic E-state index is 12.0. The number of aromatic nitrogens is 1. The summed E-state index contributed by atoms with van der Waals surface area (Å²) in [5.74, 6) is 2.37. The van der Waals surface area contributed by atoms with E-state index < -0.39 is 0 Å². The van der Waals surface area contributed by atoms with E-state index in [1.165, 1.54) is 11.4 Å². The molecule has 0 saturated heterocycles. The Morgan fingerprint density at radius 1 is 1.16 bits per heavy atom. The van der Waals surface area contributed by atoms with E-state index in [-0.39, 0.29) is 0 Å². The Hall–Kier alpha value is -1.05. The maximum absolute atomic E-state index is 12.0. The predicted molar refractivity (Wildman–Crippen MR) is 79.6 cm³/mol. The molecule has 0 spiro atoms. The summed E-state index contributed by atoms with van der Waals surface area (Å²) >= 11 is 0. The molecule has 0 unspecified atom stereocenters. The number of Topliss-reactive ketones (excluding diaryl/α,β-unsaturated/α-hetero) is 1. The lowest BCUT2D eigenvalue weighted by atomic mass is 9.85. The summed E-state index contributed by atoms with van der Waals surface area (Å²) < 4.78 is 2.41. The Morgan fingerprint density at radius 3 is 2.37 bits per heavy atom. The van der Waals surface area contributed by atoms with E-state index in [1.807, 2.05) is 0 Å². The Kier molecular flexibility index (Phi) is 4.17. The molecule has 0 saturated carbocycles. The van der Waals surface area contributed by atoms with Crippen LogP contribution < -0.4 is 0 Å². The van der Waals surface area contributed by atoms with Crippen LogP contribution in [0.5, 0.6) is 0 Å². The summed E-state index contributed by atoms with van der Waals surface area (Å²) in [4.78, 5) is 12.0. The highest BCUT2D eigenvalue weighted by Gasteiger charge is 2.25. The molecule has 2 nitrogen and oxygen atoms in total. The summed E-state index contributed by atoms with van der Waals surface area (Å²) in [5.41, 5.74) is 3.54. The zero-order chi connectivity index (χ0) is 14.2. The van der Waals surface area contributed by atoms with Crippen molar-refractivity contribution >= 4 is 5.78 Å². The Balaban J connectivity index is 2.32. The maximum Gasteiger partial charge on any atom is 0.164 e. The van der Waals surface area contributed by atoms with Gasteiger partial charge in [0.2, 0.25) is 0 Å². The third-order valence-electron chi connectivity index (χ3n) is 4.64. The van der Waals surface area contributed by atoms with Gasteiger partial charge in [-0.25, -0.2) is 0 Å². The SMILES string of the molecule is Cc1cc2c(n1CC(C(C)C)C(C)C)CCCC2=O. The summed E-state index contributed by atoms with van der Waals surface area (Å²) in [5, 5.41) is 0. The molecule has 1 aromatic heterocycles. The average Bonchev–Trinajstić information content (AvgIpc) is 2.63. The molecule has 1 heterocycles. The first kappa shape index (κ1) is 14.4. The zero-order valence-electron chi connectivity index (χ0n) is 13.0. The van der Waals surface area contributed by atoms with Gasteiger partial charge in [0.15, 0.2) is 5.78 Å². The number of rotatable bonds is 4. The Bertz CT molecular complexity index is 460. The Labute approximate surface area is 117 Å². The molecule has 0 atom stereocenters. The van der Waals surface area contributed by atoms with Gasteiger partial charge in [-0.3, -0.25) is 4.79 Å². The number of aryl methyl sites for hydroxylation is 1. The third-order valence-corrected chi connectivity index (χ3v) is 4.64. The van der Waals surface area contributed by atoms with E-state index in [4.69, 9.17) is 0 Å². The normalized spacial score (nSPS) is 15.7. The molecule has 0 amide bonds. The van der Waals surface area contributed by atoms with Crippen molar-refractivity contribution in [2.24, 2.45) is 17.8 Å². The van der Waals surface area contributed by atoms with E-state index in [1.54, 1.807) is 0 Å². The van der Waals surface area contributed by atoms with Gasteiger partial charge in [0.05, 0.1) is 0 Å². The number of carbonyl (C=O) groups is 1. The molecule has 2 heteroatoms. The number of hydrogen-bond donors (Lipinski definition) is 0. The monoisotopic (exact) mass is 261 g/mol. The van der Waals surface area contributed by atoms with Crippen LogP contribution >= 0.6 is 0 Å². The molecule has 1 aliphatic carbocycles. The van der Waals surface area contributed by atoms with Crippen LogP contribution in [0.1, 0.15) is 62.3 Å². The minimum atomic E-state index is 0.341. The van der Waals surface area contributed by atoms with Crippen molar-refractivity contribution in [3.8, 4) is 0 Å². The highest BCUT2D eigenvalue weighted by atomic mass is 16.1. The quantitative estimate of drug-likeness (QED) is 0.794. The number of ketones is 1. The highest BCUT2D eigenvalue weighted by molar-refractivity contribution is 5.98. The molecule has 0 aliphatic heterocycles. The van der Waals surface area contributed by atoms with Gasteiger partial charge >= 0.3 is 0 Å². The van der Waals surface area contributed by atoms with Gasteiger partial charge < -0.3 is 4.57 Å². The molecular formula is C17H27NO. The van der Waals surface area contributed by atoms with Crippen LogP contribution in [0.25, 0.3) is 0 Å². The van der Waals surface area contributed by atoms with Crippen LogP contribution in [0.4, 0.5) is 0 Å². The fourth-order valence-electron chi connectivity index (χ4n) is 3.45. The van der Waals surface area contributed by atoms with E-state index in [2.05, 4.69) is 45.3 Å². The molecule has 19 heavy (non-hydrogen) atoms. The van der Waals surface area contributed by atoms with Crippen LogP contribution in [0.15, 0.2) is 6.07 Å². The lowest BCUT2D eigenvalue weighted by Gasteiger charge is -2.28. The van der Waals surface area contributed by atoms with Crippen LogP contribution in [0.3, 0.4) is 0 Å². The zero-order valence-corrected chi connectivity index (χ0v) is 13.0. The minimum absolute atomic E-state index is 0.341. The van der Waals surface area contributed by atoms with Crippen molar-refractivity contribution in [2.45, 2.75) is 60.4 Å². The largest absolute Gasteiger partial charge is 0.348 e. The molecule has 0 radical (unpaired) electrons. The first-order valence-corrected chi connectivity index (χ1v) is 7.64. The lowest BCUT2D eigenvalue weighted by molar-refractivity contribution is 0.0971. The van der Waals surface area contributed by atoms with Crippen LogP contribution in [-0.2, 0) is 13.0 Å². The standard InChI is InChI=1S/C17H27NO/c1-11(2)15(12(3)4)10-18-13(5)9-14-16(18)7-6-8-17(14)19/h9,11-12,15H,6-8,10H2,1-5H3. The van der Waals surface area contributed by atoms with Gasteiger partial charge in [-0.1, -0.05) is 27.7 Å². The number of fused-ring (bicyclic) bond motifs is 1. The topological polar surface area (TPSA) is 22.0 Å². The predicted octanol–water partition coefficient (Wildman–Crippen LogP) is 4.24. The highest BCUT2D eigenvalue weighted by Crippen LogP contribution is 2.29. The number of carbonyl (C=O) groups excluding carboxylic acids is 1. The lowest BCUT2D eigenvalue weighted by Crippen LogP contribution is -2.24. The smallest absolute Gasteiger partial charge is 0.164 e. The van der Waals surface area contributed by atoms with E-state index in [0.29, 0.717) is 23.5 Å². The summed E-state index contributed by atoms with van der Waals surface area (Å²) in [6.45, 7) is 12.4. The van der Waals surface area contributed by atoms with Crippen molar-refractivity contribution in [2.75, 3.05) is 0 Å². The number of nitrogens with zero attached hydrogens (tertiary/aromatic N) is 1. The number of hydrogen-bond acceptors (Lipinski definition) is 1. The second-order valence-corrected chi connectivity index (χ2v) is 6.69. The van der Waals surface area contributed by atoms with Gasteiger partial charge in [-0.05, 0) is 43.6 Å². The molecule has 0 aromatic carbocycles. The minimum Gasteiger partial charge on any atom is -0.348 e. The summed E-state index contributed by atoms with van der Waals surface area (Å²) in [6, 6.07) is 2.11. The molecule has 1 aromatic rings. The molecule has 0 fully saturated rings. The van der Waals surface area contributed by atoms with Crippen LogP contribution in [0, 0.1) is 24.7 Å². The van der Waals surface area contributed by atoms with E-state index >= 15 is 0 Å². The first-order valence-electron chi connectivity index (χ1n) is 7.64. The fourth-order valence-corrected chi connectivity index (χ4v) is 3.45. The van der Waals surface area contributed by atoms with Gasteiger partial charge in [-0.2, -0.15) is 0 Å². The summed E-state index contributed by atoms with van der Waals surface area (Å²) in [6.07, 6.45) is 2.81. The van der Waals surface area contributed by atoms with Gasteiger partial charge in [-0.15, -0.1) is 0 Å². The van der Waals surface area contributed by atoms with Crippen molar-refractivity contribution in [1.29, 1.82) is 0 Å². The molecular weight excluding hydrogens is 234 g/mol. The van der Waals surface area contributed by atoms with E-state index in [0.717, 1.165) is 31.4 Å². The average molecular weight is 261 g/mol. The van der Waals surface area contributed by atoms with E-state index in [9.17, 15) is 4.79 Å². The molecule has 106 valence electrons. The third kappa shape index (κ3) is 2.77. The van der Waals surface area contributed by atoms with Gasteiger partial charge in [0.1, 0.15) is 0 Å². The molecule has 2 rings (SSSR count). The molecule has 0 bridgehead atoms. The second kappa shape index (κ2) is 5.52. The Morgan fingerprint density at radius 2 is 1.79 bits per heavy atom. The fraction of sp³-hybridized carbons (Fsp3) is 0.706. The van der Waals surface area contributed by atoms with Crippen LogP contribution in [-0.4, -0.2) is 10.4 Å². The van der Waals surface area contributed by atoms with Crippen molar-refractivity contribution in [3.63, 3.8) is 0 Å². The van der Waals surface area contributed by atoms with Gasteiger partial charge in [0, 0.05) is 29.9 Å². The van der Waals surface area contributed by atoms with Crippen molar-refractivity contribution in [3.05, 3.63) is 23.0 Å².